The van der Waals surface area contributed by atoms with Gasteiger partial charge in [0, 0.05) is 55.7 Å². The molecule has 1 aliphatic rings. The van der Waals surface area contributed by atoms with E-state index in [2.05, 4.69) is 55.0 Å². The second-order valence-electron chi connectivity index (χ2n) is 6.84. The van der Waals surface area contributed by atoms with E-state index in [1.165, 1.54) is 5.69 Å². The molecular weight excluding hydrogens is 324 g/mol. The van der Waals surface area contributed by atoms with Crippen LogP contribution in [0, 0.1) is 0 Å². The average molecular weight is 344 g/mol. The zero-order valence-electron chi connectivity index (χ0n) is 14.7. The Bertz CT molecular complexity index is 1080. The van der Waals surface area contributed by atoms with Crippen molar-refractivity contribution in [1.82, 2.24) is 24.8 Å². The van der Waals surface area contributed by atoms with E-state index in [4.69, 9.17) is 0 Å². The molecule has 0 radical (unpaired) electrons. The van der Waals surface area contributed by atoms with Crippen LogP contribution in [0.15, 0.2) is 49.1 Å². The molecule has 4 heterocycles. The zero-order chi connectivity index (χ0) is 17.5. The van der Waals surface area contributed by atoms with E-state index in [9.17, 15) is 0 Å². The Morgan fingerprint density at radius 1 is 0.923 bits per heavy atom. The van der Waals surface area contributed by atoms with Crippen LogP contribution in [-0.2, 0) is 0 Å². The van der Waals surface area contributed by atoms with Crippen LogP contribution in [0.3, 0.4) is 0 Å². The molecule has 0 bridgehead atoms. The number of nitrogens with one attached hydrogen (secondary N) is 1. The van der Waals surface area contributed by atoms with E-state index in [-0.39, 0.29) is 0 Å². The third kappa shape index (κ3) is 2.59. The molecule has 0 unspecified atom stereocenters. The average Bonchev–Trinajstić information content (AvgIpc) is 3.11. The Morgan fingerprint density at radius 2 is 1.73 bits per heavy atom. The number of benzene rings is 1. The molecule has 5 rings (SSSR count). The molecule has 0 aliphatic carbocycles. The number of nitrogens with zero attached hydrogens (tertiary/aromatic N) is 5. The number of aromatic amines is 1. The summed E-state index contributed by atoms with van der Waals surface area (Å²) in [6, 6.07) is 8.46. The molecule has 0 spiro atoms. The molecule has 1 N–H and O–H groups in total. The second-order valence-corrected chi connectivity index (χ2v) is 6.84. The Morgan fingerprint density at radius 3 is 2.58 bits per heavy atom. The van der Waals surface area contributed by atoms with Gasteiger partial charge in [0.2, 0.25) is 0 Å². The quantitative estimate of drug-likeness (QED) is 0.606. The lowest BCUT2D eigenvalue weighted by Gasteiger charge is -2.33. The molecule has 6 heteroatoms. The first kappa shape index (κ1) is 15.3. The van der Waals surface area contributed by atoms with Crippen molar-refractivity contribution in [2.45, 2.75) is 0 Å². The lowest BCUT2D eigenvalue weighted by atomic mass is 10.0. The molecular formula is C20H20N6. The molecule has 1 aromatic carbocycles. The monoisotopic (exact) mass is 344 g/mol. The number of fused-ring (bicyclic) bond motifs is 2. The van der Waals surface area contributed by atoms with Crippen molar-refractivity contribution >= 4 is 27.8 Å². The van der Waals surface area contributed by atoms with Gasteiger partial charge in [-0.05, 0) is 30.8 Å². The lowest BCUT2D eigenvalue weighted by molar-refractivity contribution is 0.313. The molecule has 0 atom stereocenters. The molecule has 4 aromatic rings. The fourth-order valence-corrected chi connectivity index (χ4v) is 3.60. The smallest absolute Gasteiger partial charge is 0.138 e. The van der Waals surface area contributed by atoms with Gasteiger partial charge in [-0.3, -0.25) is 9.97 Å². The lowest BCUT2D eigenvalue weighted by Crippen LogP contribution is -2.44. The van der Waals surface area contributed by atoms with Gasteiger partial charge >= 0.3 is 0 Å². The van der Waals surface area contributed by atoms with E-state index in [1.54, 1.807) is 12.4 Å². The van der Waals surface area contributed by atoms with Gasteiger partial charge in [0.15, 0.2) is 0 Å². The van der Waals surface area contributed by atoms with Crippen LogP contribution < -0.4 is 4.90 Å². The predicted molar refractivity (Wildman–Crippen MR) is 104 cm³/mol. The molecule has 1 saturated heterocycles. The maximum atomic E-state index is 4.65. The van der Waals surface area contributed by atoms with Crippen molar-refractivity contribution in [3.63, 3.8) is 0 Å². The SMILES string of the molecule is CN1CCN(c2cnc3[nH]cc(-c4ccc5nccnc5c4)c3c2)CC1. The third-order valence-corrected chi connectivity index (χ3v) is 5.17. The summed E-state index contributed by atoms with van der Waals surface area (Å²) >= 11 is 0. The number of piperazine rings is 1. The van der Waals surface area contributed by atoms with Gasteiger partial charge in [0.25, 0.3) is 0 Å². The zero-order valence-corrected chi connectivity index (χ0v) is 14.7. The normalized spacial score (nSPS) is 15.8. The van der Waals surface area contributed by atoms with Crippen molar-refractivity contribution in [2.24, 2.45) is 0 Å². The summed E-state index contributed by atoms with van der Waals surface area (Å²) in [5.41, 5.74) is 6.19. The van der Waals surface area contributed by atoms with Gasteiger partial charge in [-0.15, -0.1) is 0 Å². The van der Waals surface area contributed by atoms with Crippen LogP contribution in [-0.4, -0.2) is 58.1 Å². The van der Waals surface area contributed by atoms with Crippen molar-refractivity contribution in [1.29, 1.82) is 0 Å². The van der Waals surface area contributed by atoms with E-state index < -0.39 is 0 Å². The summed E-state index contributed by atoms with van der Waals surface area (Å²) in [7, 11) is 2.17. The highest BCUT2D eigenvalue weighted by Gasteiger charge is 2.16. The van der Waals surface area contributed by atoms with Gasteiger partial charge < -0.3 is 14.8 Å². The van der Waals surface area contributed by atoms with Crippen LogP contribution >= 0.6 is 0 Å². The van der Waals surface area contributed by atoms with Crippen LogP contribution in [0.1, 0.15) is 0 Å². The van der Waals surface area contributed by atoms with Crippen LogP contribution in [0.25, 0.3) is 33.2 Å². The van der Waals surface area contributed by atoms with Gasteiger partial charge in [-0.2, -0.15) is 0 Å². The number of pyridine rings is 1. The van der Waals surface area contributed by atoms with Crippen LogP contribution in [0.5, 0.6) is 0 Å². The minimum atomic E-state index is 0.905. The maximum absolute atomic E-state index is 4.65. The summed E-state index contributed by atoms with van der Waals surface area (Å²) < 4.78 is 0. The molecule has 3 aromatic heterocycles. The third-order valence-electron chi connectivity index (χ3n) is 5.17. The summed E-state index contributed by atoms with van der Waals surface area (Å²) in [5, 5.41) is 1.14. The molecule has 6 nitrogen and oxygen atoms in total. The Balaban J connectivity index is 1.58. The number of anilines is 1. The van der Waals surface area contributed by atoms with Gasteiger partial charge in [0.05, 0.1) is 22.9 Å². The van der Waals surface area contributed by atoms with Gasteiger partial charge in [0.1, 0.15) is 5.65 Å². The molecule has 1 fully saturated rings. The van der Waals surface area contributed by atoms with E-state index in [1.807, 2.05) is 18.5 Å². The van der Waals surface area contributed by atoms with E-state index in [0.717, 1.165) is 59.4 Å². The fourth-order valence-electron chi connectivity index (χ4n) is 3.60. The number of likely N-dealkylation sites (N-methyl/N-ethyl adjacent to an activating group) is 1. The largest absolute Gasteiger partial charge is 0.368 e. The Labute approximate surface area is 151 Å². The first-order chi connectivity index (χ1) is 12.8. The van der Waals surface area contributed by atoms with Crippen LogP contribution in [0.2, 0.25) is 0 Å². The summed E-state index contributed by atoms with van der Waals surface area (Å²) in [5.74, 6) is 0. The first-order valence-electron chi connectivity index (χ1n) is 8.90. The number of H-pyrrole nitrogens is 1. The topological polar surface area (TPSA) is 60.9 Å². The highest BCUT2D eigenvalue weighted by atomic mass is 15.2. The van der Waals surface area contributed by atoms with Gasteiger partial charge in [-0.25, -0.2) is 4.98 Å². The van der Waals surface area contributed by atoms with Crippen molar-refractivity contribution in [3.8, 4) is 11.1 Å². The number of hydrogen-bond acceptors (Lipinski definition) is 5. The van der Waals surface area contributed by atoms with Crippen molar-refractivity contribution < 1.29 is 0 Å². The second kappa shape index (κ2) is 6.07. The molecule has 26 heavy (non-hydrogen) atoms. The summed E-state index contributed by atoms with van der Waals surface area (Å²) in [4.78, 5) is 21.5. The number of rotatable bonds is 2. The Hall–Kier alpha value is -2.99. The highest BCUT2D eigenvalue weighted by molar-refractivity contribution is 5.97. The molecule has 1 aliphatic heterocycles. The highest BCUT2D eigenvalue weighted by Crippen LogP contribution is 2.31. The first-order valence-corrected chi connectivity index (χ1v) is 8.90. The number of hydrogen-bond donors (Lipinski definition) is 1. The summed E-state index contributed by atoms with van der Waals surface area (Å²) in [6.45, 7) is 4.24. The minimum absolute atomic E-state index is 0.905. The molecule has 130 valence electrons. The Kier molecular flexibility index (Phi) is 3.57. The maximum Gasteiger partial charge on any atom is 0.138 e. The molecule has 0 saturated carbocycles. The standard InChI is InChI=1S/C20H20N6/c1-25-6-8-26(9-7-25)15-11-16-17(13-24-20(16)23-12-15)14-2-3-18-19(10-14)22-5-4-21-18/h2-5,10-13H,6-9H2,1H3,(H,23,24). The van der Waals surface area contributed by atoms with E-state index in [0.29, 0.717) is 0 Å². The van der Waals surface area contributed by atoms with E-state index >= 15 is 0 Å². The van der Waals surface area contributed by atoms with Crippen LogP contribution in [0.4, 0.5) is 5.69 Å². The molecule has 0 amide bonds. The fraction of sp³-hybridized carbons (Fsp3) is 0.250. The van der Waals surface area contributed by atoms with Gasteiger partial charge in [-0.1, -0.05) is 6.07 Å². The minimum Gasteiger partial charge on any atom is -0.368 e. The number of aromatic nitrogens is 4. The predicted octanol–water partition coefficient (Wildman–Crippen LogP) is 2.92. The summed E-state index contributed by atoms with van der Waals surface area (Å²) in [6.07, 6.45) is 7.46. The van der Waals surface area contributed by atoms with Crippen molar-refractivity contribution in [3.05, 3.63) is 49.1 Å². The van der Waals surface area contributed by atoms with Crippen molar-refractivity contribution in [2.75, 3.05) is 38.1 Å².